The van der Waals surface area contributed by atoms with E-state index in [1.807, 2.05) is 13.8 Å². The second kappa shape index (κ2) is 8.15. The van der Waals surface area contributed by atoms with Crippen molar-refractivity contribution < 1.29 is 9.59 Å². The summed E-state index contributed by atoms with van der Waals surface area (Å²) in [6.07, 6.45) is 5.10. The molecule has 2 amide bonds. The summed E-state index contributed by atoms with van der Waals surface area (Å²) in [6.45, 7) is 4.57. The van der Waals surface area contributed by atoms with Crippen LogP contribution in [0.2, 0.25) is 0 Å². The van der Waals surface area contributed by atoms with Gasteiger partial charge in [0.2, 0.25) is 11.8 Å². The van der Waals surface area contributed by atoms with Crippen molar-refractivity contribution in [3.8, 4) is 0 Å². The maximum Gasteiger partial charge on any atom is 0.239 e. The predicted molar refractivity (Wildman–Crippen MR) is 75.4 cm³/mol. The van der Waals surface area contributed by atoms with Crippen LogP contribution in [0.4, 0.5) is 0 Å². The molecule has 19 heavy (non-hydrogen) atoms. The van der Waals surface area contributed by atoms with Crippen molar-refractivity contribution in [2.75, 3.05) is 13.1 Å². The van der Waals surface area contributed by atoms with Crippen LogP contribution in [0.5, 0.6) is 0 Å². The summed E-state index contributed by atoms with van der Waals surface area (Å²) in [7, 11) is 0. The predicted octanol–water partition coefficient (Wildman–Crippen LogP) is 0.782. The summed E-state index contributed by atoms with van der Waals surface area (Å²) in [5.74, 6) is 0.509. The van der Waals surface area contributed by atoms with E-state index in [0.29, 0.717) is 12.5 Å². The van der Waals surface area contributed by atoms with E-state index in [1.165, 1.54) is 6.42 Å². The lowest BCUT2D eigenvalue weighted by Gasteiger charge is -2.28. The average Bonchev–Trinajstić information content (AvgIpc) is 2.36. The maximum atomic E-state index is 12.0. The first-order valence-electron chi connectivity index (χ1n) is 7.30. The summed E-state index contributed by atoms with van der Waals surface area (Å²) in [5.41, 5.74) is 5.57. The van der Waals surface area contributed by atoms with Crippen LogP contribution in [0.15, 0.2) is 0 Å². The third-order valence-corrected chi connectivity index (χ3v) is 3.60. The Kier molecular flexibility index (Phi) is 6.84. The lowest BCUT2D eigenvalue weighted by molar-refractivity contribution is -0.129. The zero-order valence-corrected chi connectivity index (χ0v) is 12.1. The van der Waals surface area contributed by atoms with Gasteiger partial charge in [0.15, 0.2) is 0 Å². The number of hydrogen-bond donors (Lipinski definition) is 3. The molecule has 0 aromatic heterocycles. The van der Waals surface area contributed by atoms with E-state index in [-0.39, 0.29) is 30.3 Å². The van der Waals surface area contributed by atoms with Gasteiger partial charge in [0.05, 0.1) is 6.54 Å². The van der Waals surface area contributed by atoms with E-state index in [2.05, 4.69) is 10.6 Å². The molecule has 1 aliphatic carbocycles. The normalized spacial score (nSPS) is 23.2. The fourth-order valence-electron chi connectivity index (χ4n) is 2.71. The Morgan fingerprint density at radius 2 is 2.05 bits per heavy atom. The molecule has 1 fully saturated rings. The van der Waals surface area contributed by atoms with E-state index in [4.69, 9.17) is 5.73 Å². The van der Waals surface area contributed by atoms with Crippen molar-refractivity contribution in [2.24, 2.45) is 17.6 Å². The molecule has 2 unspecified atom stereocenters. The molecule has 1 rings (SSSR count). The Labute approximate surface area is 115 Å². The van der Waals surface area contributed by atoms with Crippen molar-refractivity contribution in [2.45, 2.75) is 52.0 Å². The largest absolute Gasteiger partial charge is 0.352 e. The molecule has 5 heteroatoms. The standard InChI is InChI=1S/C14H27N3O2/c1-10(2)17-13(18)9-16-14(19)12-5-3-4-11(8-12)6-7-15/h10-12H,3-9,15H2,1-2H3,(H,16,19)(H,17,18). The number of nitrogens with two attached hydrogens (primary N) is 1. The third kappa shape index (κ3) is 6.05. The Morgan fingerprint density at radius 1 is 1.32 bits per heavy atom. The number of carbonyl (C=O) groups excluding carboxylic acids is 2. The molecule has 0 aromatic carbocycles. The van der Waals surface area contributed by atoms with E-state index >= 15 is 0 Å². The minimum Gasteiger partial charge on any atom is -0.352 e. The molecule has 0 saturated heterocycles. The zero-order chi connectivity index (χ0) is 14.3. The number of amides is 2. The first-order chi connectivity index (χ1) is 9.02. The van der Waals surface area contributed by atoms with Gasteiger partial charge < -0.3 is 16.4 Å². The van der Waals surface area contributed by atoms with Crippen LogP contribution < -0.4 is 16.4 Å². The molecule has 5 nitrogen and oxygen atoms in total. The van der Waals surface area contributed by atoms with Gasteiger partial charge in [-0.1, -0.05) is 12.8 Å². The van der Waals surface area contributed by atoms with Crippen molar-refractivity contribution in [3.05, 3.63) is 0 Å². The lowest BCUT2D eigenvalue weighted by atomic mass is 9.79. The minimum absolute atomic E-state index is 0.0145. The molecule has 0 aromatic rings. The molecule has 0 aliphatic heterocycles. The quantitative estimate of drug-likeness (QED) is 0.666. The van der Waals surface area contributed by atoms with Crippen molar-refractivity contribution in [1.82, 2.24) is 10.6 Å². The first kappa shape index (κ1) is 16.0. The van der Waals surface area contributed by atoms with Crippen molar-refractivity contribution in [3.63, 3.8) is 0 Å². The average molecular weight is 269 g/mol. The minimum atomic E-state index is -0.127. The van der Waals surface area contributed by atoms with E-state index < -0.39 is 0 Å². The van der Waals surface area contributed by atoms with Crippen LogP contribution in [0.25, 0.3) is 0 Å². The van der Waals surface area contributed by atoms with Gasteiger partial charge in [-0.3, -0.25) is 9.59 Å². The molecule has 2 atom stereocenters. The van der Waals surface area contributed by atoms with Crippen LogP contribution in [0.3, 0.4) is 0 Å². The molecule has 1 saturated carbocycles. The van der Waals surface area contributed by atoms with Gasteiger partial charge in [-0.25, -0.2) is 0 Å². The van der Waals surface area contributed by atoms with Gasteiger partial charge >= 0.3 is 0 Å². The number of hydrogen-bond acceptors (Lipinski definition) is 3. The van der Waals surface area contributed by atoms with Crippen LogP contribution >= 0.6 is 0 Å². The third-order valence-electron chi connectivity index (χ3n) is 3.60. The Bertz CT molecular complexity index is 303. The highest BCUT2D eigenvalue weighted by Gasteiger charge is 2.26. The first-order valence-corrected chi connectivity index (χ1v) is 7.30. The second-order valence-electron chi connectivity index (χ2n) is 5.75. The molecule has 0 bridgehead atoms. The van der Waals surface area contributed by atoms with Crippen LogP contribution in [-0.2, 0) is 9.59 Å². The summed E-state index contributed by atoms with van der Waals surface area (Å²) >= 11 is 0. The summed E-state index contributed by atoms with van der Waals surface area (Å²) < 4.78 is 0. The monoisotopic (exact) mass is 269 g/mol. The van der Waals surface area contributed by atoms with Crippen molar-refractivity contribution in [1.29, 1.82) is 0 Å². The summed E-state index contributed by atoms with van der Waals surface area (Å²) in [4.78, 5) is 23.5. The number of rotatable bonds is 6. The maximum absolute atomic E-state index is 12.0. The van der Waals surface area contributed by atoms with Crippen LogP contribution in [-0.4, -0.2) is 30.9 Å². The fourth-order valence-corrected chi connectivity index (χ4v) is 2.71. The highest BCUT2D eigenvalue weighted by molar-refractivity contribution is 5.85. The second-order valence-corrected chi connectivity index (χ2v) is 5.75. The molecule has 0 radical (unpaired) electrons. The molecule has 1 aliphatic rings. The van der Waals surface area contributed by atoms with Crippen molar-refractivity contribution >= 4 is 11.8 Å². The van der Waals surface area contributed by atoms with Crippen LogP contribution in [0, 0.1) is 11.8 Å². The van der Waals surface area contributed by atoms with E-state index in [9.17, 15) is 9.59 Å². The van der Waals surface area contributed by atoms with E-state index in [0.717, 1.165) is 25.7 Å². The number of carbonyl (C=O) groups is 2. The Hall–Kier alpha value is -1.10. The van der Waals surface area contributed by atoms with Crippen LogP contribution in [0.1, 0.15) is 46.0 Å². The van der Waals surface area contributed by atoms with Gasteiger partial charge in [0.25, 0.3) is 0 Å². The highest BCUT2D eigenvalue weighted by Crippen LogP contribution is 2.30. The smallest absolute Gasteiger partial charge is 0.239 e. The number of nitrogens with one attached hydrogen (secondary N) is 2. The molecule has 110 valence electrons. The molecular weight excluding hydrogens is 242 g/mol. The summed E-state index contributed by atoms with van der Waals surface area (Å²) in [6, 6.07) is 0.105. The van der Waals surface area contributed by atoms with Gasteiger partial charge in [0, 0.05) is 12.0 Å². The molecular formula is C14H27N3O2. The molecule has 0 heterocycles. The molecule has 4 N–H and O–H groups in total. The topological polar surface area (TPSA) is 84.2 Å². The lowest BCUT2D eigenvalue weighted by Crippen LogP contribution is -2.42. The van der Waals surface area contributed by atoms with E-state index in [1.54, 1.807) is 0 Å². The van der Waals surface area contributed by atoms with Gasteiger partial charge in [0.1, 0.15) is 0 Å². The van der Waals surface area contributed by atoms with Gasteiger partial charge in [-0.15, -0.1) is 0 Å². The SMILES string of the molecule is CC(C)NC(=O)CNC(=O)C1CCCC(CCN)C1. The van der Waals surface area contributed by atoms with Gasteiger partial charge in [-0.2, -0.15) is 0 Å². The Morgan fingerprint density at radius 3 is 2.68 bits per heavy atom. The Balaban J connectivity index is 2.30. The zero-order valence-electron chi connectivity index (χ0n) is 12.1. The molecule has 0 spiro atoms. The highest BCUT2D eigenvalue weighted by atomic mass is 16.2. The fraction of sp³-hybridized carbons (Fsp3) is 0.857. The summed E-state index contributed by atoms with van der Waals surface area (Å²) in [5, 5.41) is 5.50. The van der Waals surface area contributed by atoms with Gasteiger partial charge in [-0.05, 0) is 45.6 Å².